The summed E-state index contributed by atoms with van der Waals surface area (Å²) in [4.78, 5) is 72.8. The van der Waals surface area contributed by atoms with Crippen molar-refractivity contribution in [2.75, 3.05) is 52.7 Å². The van der Waals surface area contributed by atoms with Crippen LogP contribution in [-0.4, -0.2) is 110 Å². The maximum atomic E-state index is 13.0. The van der Waals surface area contributed by atoms with Crippen LogP contribution in [0.1, 0.15) is 122 Å². The highest BCUT2D eigenvalue weighted by molar-refractivity contribution is 6.07. The van der Waals surface area contributed by atoms with Gasteiger partial charge in [-0.2, -0.15) is 0 Å². The zero-order chi connectivity index (χ0) is 38.2. The number of carboxylic acids is 2. The summed E-state index contributed by atoms with van der Waals surface area (Å²) in [5, 5.41) is 20.6. The van der Waals surface area contributed by atoms with Gasteiger partial charge in [0.2, 0.25) is 11.7 Å². The first-order valence-electron chi connectivity index (χ1n) is 18.3. The average molecular weight is 734 g/mol. The molecule has 0 heterocycles. The van der Waals surface area contributed by atoms with Crippen molar-refractivity contribution >= 4 is 35.6 Å². The summed E-state index contributed by atoms with van der Waals surface area (Å²) in [5.74, 6) is -8.61. The number of aliphatic carboxylic acids is 2. The lowest BCUT2D eigenvalue weighted by atomic mass is 10.0. The molecule has 0 aliphatic rings. The van der Waals surface area contributed by atoms with E-state index in [9.17, 15) is 33.9 Å². The summed E-state index contributed by atoms with van der Waals surface area (Å²) in [5.41, 5.74) is 10.7. The number of rotatable bonds is 36. The Balaban J connectivity index is 4.49. The summed E-state index contributed by atoms with van der Waals surface area (Å²) < 4.78 is 26.1. The number of nitrogens with two attached hydrogens (primary N) is 2. The Labute approximate surface area is 302 Å². The molecule has 0 spiro atoms. The molecule has 1 unspecified atom stereocenters. The molecule has 0 saturated carbocycles. The van der Waals surface area contributed by atoms with Gasteiger partial charge < -0.3 is 50.7 Å². The van der Waals surface area contributed by atoms with Gasteiger partial charge in [-0.05, 0) is 19.3 Å². The topological polar surface area (TPSA) is 253 Å². The molecular weight excluding hydrogens is 670 g/mol. The number of hydrogen-bond donors (Lipinski definition) is 5. The highest BCUT2D eigenvalue weighted by Crippen LogP contribution is 2.19. The number of ketones is 1. The zero-order valence-electron chi connectivity index (χ0n) is 30.5. The molecule has 0 fully saturated rings. The van der Waals surface area contributed by atoms with Crippen molar-refractivity contribution in [2.24, 2.45) is 11.5 Å². The SMILES string of the molecule is CC(=O)C(OCCOCCN)(OCCOCCN)C(=O)OC(=O)CCC(NC(=O)CCCCCCCCCCCCCCCCC(=O)O)C(=O)O. The molecule has 0 aliphatic heterocycles. The maximum absolute atomic E-state index is 13.0. The highest BCUT2D eigenvalue weighted by Gasteiger charge is 2.49. The van der Waals surface area contributed by atoms with E-state index in [1.807, 2.05) is 0 Å². The number of nitrogens with one attached hydrogen (secondary N) is 1. The molecule has 0 aromatic rings. The minimum absolute atomic E-state index is 0.0386. The largest absolute Gasteiger partial charge is 0.481 e. The Kier molecular flexibility index (Phi) is 29.8. The van der Waals surface area contributed by atoms with E-state index in [2.05, 4.69) is 5.32 Å². The number of esters is 2. The fraction of sp³-hybridized carbons (Fsp3) is 0.829. The van der Waals surface area contributed by atoms with Crippen LogP contribution in [0.25, 0.3) is 0 Å². The molecule has 7 N–H and O–H groups in total. The van der Waals surface area contributed by atoms with Gasteiger partial charge in [0.25, 0.3) is 0 Å². The Hall–Kier alpha value is -3.02. The molecule has 0 aromatic heterocycles. The monoisotopic (exact) mass is 733 g/mol. The number of amides is 1. The summed E-state index contributed by atoms with van der Waals surface area (Å²) >= 11 is 0. The zero-order valence-corrected chi connectivity index (χ0v) is 30.5. The van der Waals surface area contributed by atoms with Gasteiger partial charge in [-0.3, -0.25) is 19.2 Å². The third-order valence-electron chi connectivity index (χ3n) is 7.84. The number of Topliss-reactive ketones (excluding diaryl/α,β-unsaturated/α-hetero) is 1. The minimum atomic E-state index is -2.60. The number of carboxylic acid groups (broad SMARTS) is 2. The summed E-state index contributed by atoms with van der Waals surface area (Å²) in [6.45, 7) is 1.29. The van der Waals surface area contributed by atoms with Crippen molar-refractivity contribution in [1.82, 2.24) is 5.32 Å². The lowest BCUT2D eigenvalue weighted by Crippen LogP contribution is -2.53. The standard InChI is InChI=1S/C35H63N3O13/c1-28(39)35(49-26-24-47-22-20-36,50-27-25-48-23-21-37)34(46)51-32(43)19-18-29(33(44)45)38-30(40)16-14-12-10-8-6-4-2-3-5-7-9-11-13-15-17-31(41)42/h29H,2-27,36-37H2,1H3,(H,38,40)(H,41,42)(H,44,45). The van der Waals surface area contributed by atoms with Crippen LogP contribution in [0.5, 0.6) is 0 Å². The Morgan fingerprint density at radius 1 is 0.608 bits per heavy atom. The smallest absolute Gasteiger partial charge is 0.382 e. The molecule has 0 rings (SSSR count). The summed E-state index contributed by atoms with van der Waals surface area (Å²) in [6.07, 6.45) is 14.0. The predicted molar refractivity (Wildman–Crippen MR) is 186 cm³/mol. The molecule has 1 atom stereocenters. The van der Waals surface area contributed by atoms with Gasteiger partial charge in [0, 0.05) is 39.3 Å². The van der Waals surface area contributed by atoms with Gasteiger partial charge >= 0.3 is 29.7 Å². The maximum Gasteiger partial charge on any atom is 0.382 e. The number of ether oxygens (including phenoxy) is 5. The Morgan fingerprint density at radius 2 is 1.04 bits per heavy atom. The molecule has 1 amide bonds. The van der Waals surface area contributed by atoms with E-state index in [1.165, 1.54) is 25.7 Å². The van der Waals surface area contributed by atoms with Crippen molar-refractivity contribution in [3.8, 4) is 0 Å². The number of hydrogen-bond acceptors (Lipinski definition) is 13. The second kappa shape index (κ2) is 31.7. The van der Waals surface area contributed by atoms with Crippen molar-refractivity contribution in [1.29, 1.82) is 0 Å². The lowest BCUT2D eigenvalue weighted by molar-refractivity contribution is -0.243. The van der Waals surface area contributed by atoms with Crippen molar-refractivity contribution in [2.45, 2.75) is 134 Å². The fourth-order valence-corrected chi connectivity index (χ4v) is 5.06. The van der Waals surface area contributed by atoms with Crippen LogP contribution in [-0.2, 0) is 52.5 Å². The van der Waals surface area contributed by atoms with E-state index in [-0.39, 0.29) is 72.0 Å². The predicted octanol–water partition coefficient (Wildman–Crippen LogP) is 3.00. The highest BCUT2D eigenvalue weighted by atomic mass is 16.7. The molecule has 0 radical (unpaired) electrons. The van der Waals surface area contributed by atoms with Crippen LogP contribution in [0.15, 0.2) is 0 Å². The summed E-state index contributed by atoms with van der Waals surface area (Å²) in [6, 6.07) is -1.39. The van der Waals surface area contributed by atoms with Gasteiger partial charge in [-0.1, -0.05) is 77.0 Å². The third kappa shape index (κ3) is 25.6. The Morgan fingerprint density at radius 3 is 1.43 bits per heavy atom. The van der Waals surface area contributed by atoms with Crippen molar-refractivity contribution < 1.29 is 62.7 Å². The third-order valence-corrected chi connectivity index (χ3v) is 7.84. The van der Waals surface area contributed by atoms with Crippen LogP contribution < -0.4 is 16.8 Å². The average Bonchev–Trinajstić information content (AvgIpc) is 3.08. The van der Waals surface area contributed by atoms with Crippen LogP contribution in [0.3, 0.4) is 0 Å². The molecule has 0 aliphatic carbocycles. The first-order valence-corrected chi connectivity index (χ1v) is 18.3. The lowest BCUT2D eigenvalue weighted by Gasteiger charge is -2.28. The van der Waals surface area contributed by atoms with Crippen LogP contribution >= 0.6 is 0 Å². The molecule has 0 bridgehead atoms. The molecule has 0 aromatic carbocycles. The summed E-state index contributed by atoms with van der Waals surface area (Å²) in [7, 11) is 0. The van der Waals surface area contributed by atoms with E-state index < -0.39 is 53.8 Å². The van der Waals surface area contributed by atoms with E-state index >= 15 is 0 Å². The van der Waals surface area contributed by atoms with Gasteiger partial charge in [0.15, 0.2) is 0 Å². The van der Waals surface area contributed by atoms with Gasteiger partial charge in [0.1, 0.15) is 6.04 Å². The first kappa shape index (κ1) is 48.0. The molecule has 16 heteroatoms. The van der Waals surface area contributed by atoms with E-state index in [1.54, 1.807) is 0 Å². The Bertz CT molecular complexity index is 982. The van der Waals surface area contributed by atoms with E-state index in [0.717, 1.165) is 64.7 Å². The van der Waals surface area contributed by atoms with Gasteiger partial charge in [-0.25, -0.2) is 9.59 Å². The van der Waals surface area contributed by atoms with Crippen LogP contribution in [0, 0.1) is 0 Å². The minimum Gasteiger partial charge on any atom is -0.481 e. The number of carbonyl (C=O) groups is 6. The van der Waals surface area contributed by atoms with Crippen LogP contribution in [0.2, 0.25) is 0 Å². The number of unbranched alkanes of at least 4 members (excludes halogenated alkanes) is 13. The molecule has 296 valence electrons. The quantitative estimate of drug-likeness (QED) is 0.0269. The normalized spacial score (nSPS) is 12.0. The first-order chi connectivity index (χ1) is 24.5. The van der Waals surface area contributed by atoms with E-state index in [0.29, 0.717) is 6.42 Å². The second-order valence-corrected chi connectivity index (χ2v) is 12.3. The van der Waals surface area contributed by atoms with Gasteiger partial charge in [-0.15, -0.1) is 0 Å². The van der Waals surface area contributed by atoms with Crippen LogP contribution in [0.4, 0.5) is 0 Å². The fourth-order valence-electron chi connectivity index (χ4n) is 5.06. The van der Waals surface area contributed by atoms with Gasteiger partial charge in [0.05, 0.1) is 39.6 Å². The molecule has 51 heavy (non-hydrogen) atoms. The van der Waals surface area contributed by atoms with Crippen molar-refractivity contribution in [3.63, 3.8) is 0 Å². The molecule has 16 nitrogen and oxygen atoms in total. The molecule has 0 saturated heterocycles. The van der Waals surface area contributed by atoms with Crippen molar-refractivity contribution in [3.05, 3.63) is 0 Å². The van der Waals surface area contributed by atoms with E-state index in [4.69, 9.17) is 40.3 Å². The molecular formula is C35H63N3O13. The number of carbonyl (C=O) groups excluding carboxylic acids is 4. The second-order valence-electron chi connectivity index (χ2n) is 12.3.